The highest BCUT2D eigenvalue weighted by molar-refractivity contribution is 5.92. The highest BCUT2D eigenvalue weighted by atomic mass is 16.6. The zero-order valence-electron chi connectivity index (χ0n) is 17.8. The van der Waals surface area contributed by atoms with E-state index in [0.717, 1.165) is 5.56 Å². The Labute approximate surface area is 181 Å². The molecule has 164 valence electrons. The van der Waals surface area contributed by atoms with Crippen LogP contribution >= 0.6 is 0 Å². The average Bonchev–Trinajstić information content (AvgIpc) is 2.79. The number of nitro benzene ring substituents is 1. The lowest BCUT2D eigenvalue weighted by molar-refractivity contribution is -0.384. The van der Waals surface area contributed by atoms with Gasteiger partial charge in [0.1, 0.15) is 5.69 Å². The maximum atomic E-state index is 12.6. The van der Waals surface area contributed by atoms with Crippen molar-refractivity contribution < 1.29 is 19.2 Å². The van der Waals surface area contributed by atoms with Crippen LogP contribution in [0.5, 0.6) is 11.5 Å². The highest BCUT2D eigenvalue weighted by Crippen LogP contribution is 2.30. The molecule has 0 bridgehead atoms. The summed E-state index contributed by atoms with van der Waals surface area (Å²) in [5.74, 6) is 1.24. The Balaban J connectivity index is 1.62. The van der Waals surface area contributed by atoms with E-state index < -0.39 is 0 Å². The summed E-state index contributed by atoms with van der Waals surface area (Å²) in [7, 11) is 0. The number of rotatable bonds is 8. The number of nitro groups is 1. The molecule has 0 unspecified atom stereocenters. The van der Waals surface area contributed by atoms with Crippen LogP contribution < -0.4 is 14.4 Å². The topological polar surface area (TPSA) is 85.2 Å². The Morgan fingerprint density at radius 3 is 2.39 bits per heavy atom. The van der Waals surface area contributed by atoms with Crippen LogP contribution in [0.3, 0.4) is 0 Å². The summed E-state index contributed by atoms with van der Waals surface area (Å²) >= 11 is 0. The number of para-hydroxylation sites is 2. The molecule has 0 aliphatic carbocycles. The molecule has 1 aliphatic heterocycles. The van der Waals surface area contributed by atoms with Gasteiger partial charge >= 0.3 is 0 Å². The van der Waals surface area contributed by atoms with E-state index in [9.17, 15) is 14.9 Å². The molecule has 0 atom stereocenters. The summed E-state index contributed by atoms with van der Waals surface area (Å²) in [6.07, 6.45) is 3.31. The summed E-state index contributed by atoms with van der Waals surface area (Å²) in [5, 5.41) is 11.3. The molecule has 1 fully saturated rings. The molecule has 1 amide bonds. The van der Waals surface area contributed by atoms with Crippen LogP contribution in [0.15, 0.2) is 48.5 Å². The Morgan fingerprint density at radius 1 is 1.03 bits per heavy atom. The second kappa shape index (κ2) is 10.5. The second-order valence-electron chi connectivity index (χ2n) is 6.96. The number of hydrogen-bond acceptors (Lipinski definition) is 6. The zero-order valence-corrected chi connectivity index (χ0v) is 17.8. The van der Waals surface area contributed by atoms with Crippen molar-refractivity contribution in [2.45, 2.75) is 13.8 Å². The van der Waals surface area contributed by atoms with Gasteiger partial charge in [-0.2, -0.15) is 0 Å². The van der Waals surface area contributed by atoms with Gasteiger partial charge in [-0.1, -0.05) is 18.2 Å². The fourth-order valence-corrected chi connectivity index (χ4v) is 3.50. The van der Waals surface area contributed by atoms with Gasteiger partial charge in [-0.05, 0) is 43.7 Å². The van der Waals surface area contributed by atoms with E-state index in [4.69, 9.17) is 9.47 Å². The molecule has 0 aromatic heterocycles. The maximum Gasteiger partial charge on any atom is 0.292 e. The molecule has 0 spiro atoms. The summed E-state index contributed by atoms with van der Waals surface area (Å²) in [4.78, 5) is 27.2. The van der Waals surface area contributed by atoms with E-state index in [1.165, 1.54) is 6.07 Å². The second-order valence-corrected chi connectivity index (χ2v) is 6.96. The number of carbonyl (C=O) groups is 1. The third kappa shape index (κ3) is 5.53. The number of hydrogen-bond donors (Lipinski definition) is 0. The summed E-state index contributed by atoms with van der Waals surface area (Å²) < 4.78 is 11.2. The van der Waals surface area contributed by atoms with Crippen LogP contribution in [-0.2, 0) is 4.79 Å². The molecule has 31 heavy (non-hydrogen) atoms. The minimum absolute atomic E-state index is 0.0859. The van der Waals surface area contributed by atoms with Crippen LogP contribution in [0.25, 0.3) is 6.08 Å². The number of ether oxygens (including phenoxy) is 2. The average molecular weight is 425 g/mol. The molecule has 8 nitrogen and oxygen atoms in total. The van der Waals surface area contributed by atoms with Gasteiger partial charge < -0.3 is 19.3 Å². The standard InChI is InChI=1S/C23H27N3O5/c1-3-30-21-11-9-18(17-22(21)31-4-2)10-12-23(27)25-15-13-24(14-16-25)19-7-5-6-8-20(19)26(28)29/h5-12,17H,3-4,13-16H2,1-2H3/b12-10+. The van der Waals surface area contributed by atoms with Crippen molar-refractivity contribution >= 4 is 23.4 Å². The van der Waals surface area contributed by atoms with Crippen LogP contribution in [-0.4, -0.2) is 55.1 Å². The van der Waals surface area contributed by atoms with Gasteiger partial charge in [-0.3, -0.25) is 14.9 Å². The first-order chi connectivity index (χ1) is 15.0. The van der Waals surface area contributed by atoms with Crippen LogP contribution in [0, 0.1) is 10.1 Å². The van der Waals surface area contributed by atoms with Crippen molar-refractivity contribution in [2.24, 2.45) is 0 Å². The molecule has 3 rings (SSSR count). The van der Waals surface area contributed by atoms with Crippen molar-refractivity contribution in [1.29, 1.82) is 0 Å². The van der Waals surface area contributed by atoms with Gasteiger partial charge in [-0.25, -0.2) is 0 Å². The fraction of sp³-hybridized carbons (Fsp3) is 0.348. The highest BCUT2D eigenvalue weighted by Gasteiger charge is 2.24. The minimum Gasteiger partial charge on any atom is -0.490 e. The molecule has 1 aliphatic rings. The Morgan fingerprint density at radius 2 is 1.71 bits per heavy atom. The van der Waals surface area contributed by atoms with E-state index in [-0.39, 0.29) is 16.5 Å². The van der Waals surface area contributed by atoms with Crippen molar-refractivity contribution in [3.05, 3.63) is 64.2 Å². The lowest BCUT2D eigenvalue weighted by atomic mass is 10.1. The van der Waals surface area contributed by atoms with E-state index in [1.807, 2.05) is 36.9 Å². The number of carbonyl (C=O) groups excluding carboxylic acids is 1. The number of piperazine rings is 1. The van der Waals surface area contributed by atoms with Gasteiger partial charge in [-0.15, -0.1) is 0 Å². The molecule has 0 saturated carbocycles. The van der Waals surface area contributed by atoms with E-state index in [0.29, 0.717) is 56.6 Å². The van der Waals surface area contributed by atoms with Crippen molar-refractivity contribution in [1.82, 2.24) is 4.90 Å². The largest absolute Gasteiger partial charge is 0.490 e. The molecule has 1 saturated heterocycles. The molecule has 2 aromatic rings. The van der Waals surface area contributed by atoms with Gasteiger partial charge in [0.05, 0.1) is 18.1 Å². The third-order valence-electron chi connectivity index (χ3n) is 5.00. The molecule has 0 radical (unpaired) electrons. The van der Waals surface area contributed by atoms with Crippen LogP contribution in [0.2, 0.25) is 0 Å². The van der Waals surface area contributed by atoms with Crippen LogP contribution in [0.1, 0.15) is 19.4 Å². The van der Waals surface area contributed by atoms with Gasteiger partial charge in [0.15, 0.2) is 11.5 Å². The molecule has 2 aromatic carbocycles. The van der Waals surface area contributed by atoms with Crippen molar-refractivity contribution in [3.8, 4) is 11.5 Å². The Hall–Kier alpha value is -3.55. The minimum atomic E-state index is -0.372. The summed E-state index contributed by atoms with van der Waals surface area (Å²) in [5.41, 5.74) is 1.52. The third-order valence-corrected chi connectivity index (χ3v) is 5.00. The number of nitrogens with zero attached hydrogens (tertiary/aromatic N) is 3. The lowest BCUT2D eigenvalue weighted by Gasteiger charge is -2.35. The molecular formula is C23H27N3O5. The Bertz CT molecular complexity index is 952. The van der Waals surface area contributed by atoms with Gasteiger partial charge in [0.25, 0.3) is 5.69 Å². The van der Waals surface area contributed by atoms with Crippen molar-refractivity contribution in [2.75, 3.05) is 44.3 Å². The van der Waals surface area contributed by atoms with E-state index >= 15 is 0 Å². The molecule has 0 N–H and O–H groups in total. The van der Waals surface area contributed by atoms with Crippen molar-refractivity contribution in [3.63, 3.8) is 0 Å². The molecular weight excluding hydrogens is 398 g/mol. The monoisotopic (exact) mass is 425 g/mol. The first-order valence-corrected chi connectivity index (χ1v) is 10.4. The van der Waals surface area contributed by atoms with Gasteiger partial charge in [0, 0.05) is 38.3 Å². The number of anilines is 1. The first-order valence-electron chi connectivity index (χ1n) is 10.4. The molecule has 1 heterocycles. The number of benzene rings is 2. The van der Waals surface area contributed by atoms with Crippen LogP contribution in [0.4, 0.5) is 11.4 Å². The first kappa shape index (κ1) is 22.1. The van der Waals surface area contributed by atoms with E-state index in [2.05, 4.69) is 0 Å². The normalized spacial score (nSPS) is 14.0. The predicted molar refractivity (Wildman–Crippen MR) is 120 cm³/mol. The maximum absolute atomic E-state index is 12.6. The SMILES string of the molecule is CCOc1ccc(/C=C/C(=O)N2CCN(c3ccccc3[N+](=O)[O-])CC2)cc1OCC. The summed E-state index contributed by atoms with van der Waals surface area (Å²) in [6, 6.07) is 12.3. The van der Waals surface area contributed by atoms with Gasteiger partial charge in [0.2, 0.25) is 5.91 Å². The van der Waals surface area contributed by atoms with E-state index in [1.54, 1.807) is 35.3 Å². The lowest BCUT2D eigenvalue weighted by Crippen LogP contribution is -2.48. The fourth-order valence-electron chi connectivity index (χ4n) is 3.50. The number of amides is 1. The quantitative estimate of drug-likeness (QED) is 0.364. The zero-order chi connectivity index (χ0) is 22.2. The Kier molecular flexibility index (Phi) is 7.48. The molecule has 8 heteroatoms. The summed E-state index contributed by atoms with van der Waals surface area (Å²) in [6.45, 7) is 6.99. The smallest absolute Gasteiger partial charge is 0.292 e. The predicted octanol–water partition coefficient (Wildman–Crippen LogP) is 3.75.